The molecule has 0 saturated carbocycles. The van der Waals surface area contributed by atoms with E-state index in [4.69, 9.17) is 0 Å². The van der Waals surface area contributed by atoms with Crippen LogP contribution in [0.4, 0.5) is 0 Å². The van der Waals surface area contributed by atoms with Gasteiger partial charge in [-0.05, 0) is 19.8 Å². The zero-order valence-corrected chi connectivity index (χ0v) is 18.7. The first-order valence-electron chi connectivity index (χ1n) is 12.5. The Labute approximate surface area is 167 Å². The Morgan fingerprint density at radius 3 is 0.923 bits per heavy atom. The van der Waals surface area contributed by atoms with E-state index in [1.165, 1.54) is 141 Å². The number of allylic oxidation sites excluding steroid dienone is 2. The highest BCUT2D eigenvalue weighted by molar-refractivity contribution is 4.76. The van der Waals surface area contributed by atoms with Gasteiger partial charge < -0.3 is 0 Å². The van der Waals surface area contributed by atoms with Gasteiger partial charge in [0.15, 0.2) is 0 Å². The molecule has 0 aromatic rings. The van der Waals surface area contributed by atoms with Crippen molar-refractivity contribution in [2.45, 2.75) is 155 Å². The van der Waals surface area contributed by atoms with Crippen LogP contribution in [0.2, 0.25) is 0 Å². The van der Waals surface area contributed by atoms with E-state index in [0.29, 0.717) is 0 Å². The zero-order valence-electron chi connectivity index (χ0n) is 18.7. The van der Waals surface area contributed by atoms with Gasteiger partial charge in [-0.1, -0.05) is 147 Å². The van der Waals surface area contributed by atoms with Gasteiger partial charge in [0.25, 0.3) is 0 Å². The van der Waals surface area contributed by atoms with E-state index < -0.39 is 0 Å². The molecular weight excluding hydrogens is 312 g/mol. The maximum Gasteiger partial charge on any atom is -0.0351 e. The van der Waals surface area contributed by atoms with Crippen LogP contribution in [0.1, 0.15) is 155 Å². The molecule has 26 heavy (non-hydrogen) atoms. The molecule has 0 bridgehead atoms. The highest BCUT2D eigenvalue weighted by atomic mass is 14.0. The smallest absolute Gasteiger partial charge is 0.0351 e. The molecule has 0 N–H and O–H groups in total. The highest BCUT2D eigenvalue weighted by Gasteiger charge is 1.95. The van der Waals surface area contributed by atoms with Crippen LogP contribution >= 0.6 is 0 Å². The van der Waals surface area contributed by atoms with Crippen molar-refractivity contribution in [3.05, 3.63) is 12.2 Å². The third-order valence-corrected chi connectivity index (χ3v) is 5.71. The Bertz CT molecular complexity index is 253. The molecular formula is C26H52. The fraction of sp³-hybridized carbons (Fsp3) is 0.923. The lowest BCUT2D eigenvalue weighted by Crippen LogP contribution is -1.84. The Morgan fingerprint density at radius 1 is 0.385 bits per heavy atom. The van der Waals surface area contributed by atoms with Crippen LogP contribution in [-0.4, -0.2) is 0 Å². The van der Waals surface area contributed by atoms with Crippen LogP contribution in [0, 0.1) is 0 Å². The van der Waals surface area contributed by atoms with Gasteiger partial charge in [0.2, 0.25) is 0 Å². The molecule has 156 valence electrons. The fourth-order valence-electron chi connectivity index (χ4n) is 3.86. The van der Waals surface area contributed by atoms with Crippen molar-refractivity contribution in [2.24, 2.45) is 0 Å². The summed E-state index contributed by atoms with van der Waals surface area (Å²) in [6, 6.07) is 0. The molecule has 0 unspecified atom stereocenters. The lowest BCUT2D eigenvalue weighted by Gasteiger charge is -2.04. The van der Waals surface area contributed by atoms with Gasteiger partial charge in [0.05, 0.1) is 0 Å². The molecule has 0 atom stereocenters. The molecule has 0 spiro atoms. The normalized spacial score (nSPS) is 11.6. The predicted molar refractivity (Wildman–Crippen MR) is 122 cm³/mol. The Kier molecular flexibility index (Phi) is 24.5. The summed E-state index contributed by atoms with van der Waals surface area (Å²) >= 11 is 0. The monoisotopic (exact) mass is 364 g/mol. The van der Waals surface area contributed by atoms with E-state index in [1.54, 1.807) is 0 Å². The molecule has 0 amide bonds. The zero-order chi connectivity index (χ0) is 19.0. The number of unbranched alkanes of at least 4 members (excludes halogenated alkanes) is 21. The number of hydrogen-bond acceptors (Lipinski definition) is 0. The average Bonchev–Trinajstić information content (AvgIpc) is 2.66. The van der Waals surface area contributed by atoms with Crippen LogP contribution < -0.4 is 0 Å². The minimum absolute atomic E-state index is 1.29. The molecule has 0 aromatic carbocycles. The molecule has 0 rings (SSSR count). The third kappa shape index (κ3) is 23.7. The lowest BCUT2D eigenvalue weighted by atomic mass is 10.0. The maximum atomic E-state index is 2.30. The largest absolute Gasteiger partial charge is 0.0917 e. The van der Waals surface area contributed by atoms with E-state index in [2.05, 4.69) is 26.0 Å². The van der Waals surface area contributed by atoms with Gasteiger partial charge in [-0.2, -0.15) is 0 Å². The second-order valence-electron chi connectivity index (χ2n) is 8.43. The van der Waals surface area contributed by atoms with Crippen LogP contribution in [-0.2, 0) is 0 Å². The SMILES string of the molecule is C/C=C\CCCCCCCCCCCCCCCCCCCCCCC. The topological polar surface area (TPSA) is 0 Å². The van der Waals surface area contributed by atoms with E-state index in [9.17, 15) is 0 Å². The second-order valence-corrected chi connectivity index (χ2v) is 8.43. The third-order valence-electron chi connectivity index (χ3n) is 5.71. The van der Waals surface area contributed by atoms with E-state index >= 15 is 0 Å². The lowest BCUT2D eigenvalue weighted by molar-refractivity contribution is 0.520. The Morgan fingerprint density at radius 2 is 0.654 bits per heavy atom. The van der Waals surface area contributed by atoms with Crippen molar-refractivity contribution in [1.29, 1.82) is 0 Å². The molecule has 0 aliphatic rings. The quantitative estimate of drug-likeness (QED) is 0.132. The van der Waals surface area contributed by atoms with Gasteiger partial charge in [-0.3, -0.25) is 0 Å². The Balaban J connectivity index is 2.97. The predicted octanol–water partition coefficient (Wildman–Crippen LogP) is 10.2. The van der Waals surface area contributed by atoms with Crippen LogP contribution in [0.25, 0.3) is 0 Å². The summed E-state index contributed by atoms with van der Waals surface area (Å²) in [5.41, 5.74) is 0. The summed E-state index contributed by atoms with van der Waals surface area (Å²) < 4.78 is 0. The average molecular weight is 365 g/mol. The highest BCUT2D eigenvalue weighted by Crippen LogP contribution is 2.15. The molecule has 0 aromatic heterocycles. The molecule has 0 heteroatoms. The van der Waals surface area contributed by atoms with Gasteiger partial charge in [-0.25, -0.2) is 0 Å². The minimum atomic E-state index is 1.29. The number of rotatable bonds is 22. The van der Waals surface area contributed by atoms with Gasteiger partial charge >= 0.3 is 0 Å². The molecule has 0 radical (unpaired) electrons. The van der Waals surface area contributed by atoms with Gasteiger partial charge in [0, 0.05) is 0 Å². The van der Waals surface area contributed by atoms with Crippen molar-refractivity contribution in [3.8, 4) is 0 Å². The first-order valence-corrected chi connectivity index (χ1v) is 12.5. The molecule has 0 aliphatic heterocycles. The fourth-order valence-corrected chi connectivity index (χ4v) is 3.86. The Hall–Kier alpha value is -0.260. The molecule has 0 nitrogen and oxygen atoms in total. The van der Waals surface area contributed by atoms with Crippen molar-refractivity contribution in [1.82, 2.24) is 0 Å². The summed E-state index contributed by atoms with van der Waals surface area (Å²) in [5.74, 6) is 0. The second kappa shape index (κ2) is 24.7. The van der Waals surface area contributed by atoms with Crippen LogP contribution in [0.3, 0.4) is 0 Å². The molecule has 0 fully saturated rings. The van der Waals surface area contributed by atoms with Crippen molar-refractivity contribution in [3.63, 3.8) is 0 Å². The van der Waals surface area contributed by atoms with Crippen LogP contribution in [0.5, 0.6) is 0 Å². The van der Waals surface area contributed by atoms with Crippen molar-refractivity contribution >= 4 is 0 Å². The summed E-state index contributed by atoms with van der Waals surface area (Å²) in [6.45, 7) is 4.42. The maximum absolute atomic E-state index is 2.30. The van der Waals surface area contributed by atoms with Gasteiger partial charge in [-0.15, -0.1) is 0 Å². The van der Waals surface area contributed by atoms with Crippen molar-refractivity contribution in [2.75, 3.05) is 0 Å². The summed E-state index contributed by atoms with van der Waals surface area (Å²) in [4.78, 5) is 0. The van der Waals surface area contributed by atoms with E-state index in [-0.39, 0.29) is 0 Å². The minimum Gasteiger partial charge on any atom is -0.0917 e. The van der Waals surface area contributed by atoms with E-state index in [0.717, 1.165) is 0 Å². The summed E-state index contributed by atoms with van der Waals surface area (Å²) in [7, 11) is 0. The summed E-state index contributed by atoms with van der Waals surface area (Å²) in [5, 5.41) is 0. The molecule has 0 saturated heterocycles. The summed E-state index contributed by atoms with van der Waals surface area (Å²) in [6.07, 6.45) is 36.6. The molecule has 0 aliphatic carbocycles. The van der Waals surface area contributed by atoms with E-state index in [1.807, 2.05) is 0 Å². The first kappa shape index (κ1) is 25.7. The van der Waals surface area contributed by atoms with Gasteiger partial charge in [0.1, 0.15) is 0 Å². The van der Waals surface area contributed by atoms with Crippen LogP contribution in [0.15, 0.2) is 12.2 Å². The number of hydrogen-bond donors (Lipinski definition) is 0. The first-order chi connectivity index (χ1) is 12.9. The van der Waals surface area contributed by atoms with Crippen molar-refractivity contribution < 1.29 is 0 Å². The standard InChI is InChI=1S/C26H52/c1-3-5-7-9-11-13-15-17-19-21-23-25-26-24-22-20-18-16-14-12-10-8-6-4-2/h3,5H,4,6-26H2,1-2H3/b5-3-. The molecule has 0 heterocycles.